The predicted octanol–water partition coefficient (Wildman–Crippen LogP) is 1.02. The van der Waals surface area contributed by atoms with Crippen molar-refractivity contribution in [3.63, 3.8) is 0 Å². The van der Waals surface area contributed by atoms with Crippen LogP contribution in [0.2, 0.25) is 0 Å². The number of halogens is 1. The van der Waals surface area contributed by atoms with Crippen LogP contribution < -0.4 is 5.32 Å². The molecule has 0 aromatic rings. The van der Waals surface area contributed by atoms with Crippen molar-refractivity contribution in [2.75, 3.05) is 19.6 Å². The van der Waals surface area contributed by atoms with Gasteiger partial charge in [-0.3, -0.25) is 0 Å². The van der Waals surface area contributed by atoms with E-state index >= 15 is 0 Å². The van der Waals surface area contributed by atoms with Gasteiger partial charge in [-0.25, -0.2) is 3.11 Å². The molecule has 2 atom stereocenters. The summed E-state index contributed by atoms with van der Waals surface area (Å²) >= 11 is 2.43. The van der Waals surface area contributed by atoms with Crippen LogP contribution in [-0.4, -0.2) is 28.8 Å². The Hall–Kier alpha value is 0.650. The Morgan fingerprint density at radius 3 is 3.10 bits per heavy atom. The van der Waals surface area contributed by atoms with Crippen LogP contribution in [0.25, 0.3) is 0 Å². The SMILES string of the molecule is IN1CC2CCCNC2C1. The molecular weight excluding hydrogens is 239 g/mol. The molecule has 0 saturated carbocycles. The summed E-state index contributed by atoms with van der Waals surface area (Å²) in [4.78, 5) is 0. The van der Waals surface area contributed by atoms with Crippen molar-refractivity contribution in [2.24, 2.45) is 5.92 Å². The maximum atomic E-state index is 3.56. The highest BCUT2D eigenvalue weighted by Crippen LogP contribution is 2.26. The third kappa shape index (κ3) is 1.31. The molecule has 0 aliphatic carbocycles. The van der Waals surface area contributed by atoms with E-state index in [1.54, 1.807) is 0 Å². The lowest BCUT2D eigenvalue weighted by Crippen LogP contribution is -2.40. The molecule has 10 heavy (non-hydrogen) atoms. The molecule has 2 unspecified atom stereocenters. The molecule has 0 aromatic heterocycles. The van der Waals surface area contributed by atoms with Crippen molar-refractivity contribution >= 4 is 22.9 Å². The Morgan fingerprint density at radius 1 is 1.40 bits per heavy atom. The molecule has 0 radical (unpaired) electrons. The molecule has 0 aromatic carbocycles. The zero-order chi connectivity index (χ0) is 6.97. The van der Waals surface area contributed by atoms with E-state index in [0.717, 1.165) is 12.0 Å². The van der Waals surface area contributed by atoms with Gasteiger partial charge in [-0.1, -0.05) is 0 Å². The van der Waals surface area contributed by atoms with Gasteiger partial charge in [-0.15, -0.1) is 0 Å². The van der Waals surface area contributed by atoms with Gasteiger partial charge in [0.2, 0.25) is 0 Å². The second-order valence-electron chi connectivity index (χ2n) is 3.29. The highest BCUT2D eigenvalue weighted by molar-refractivity contribution is 14.1. The second-order valence-corrected chi connectivity index (χ2v) is 4.66. The van der Waals surface area contributed by atoms with Gasteiger partial charge in [0.05, 0.1) is 0 Å². The summed E-state index contributed by atoms with van der Waals surface area (Å²) in [5.41, 5.74) is 0. The zero-order valence-electron chi connectivity index (χ0n) is 6.02. The fourth-order valence-electron chi connectivity index (χ4n) is 1.99. The Kier molecular flexibility index (Phi) is 2.15. The molecule has 0 amide bonds. The molecule has 2 fully saturated rings. The average molecular weight is 252 g/mol. The monoisotopic (exact) mass is 252 g/mol. The lowest BCUT2D eigenvalue weighted by molar-refractivity contribution is 0.339. The Morgan fingerprint density at radius 2 is 2.30 bits per heavy atom. The number of fused-ring (bicyclic) bond motifs is 1. The topological polar surface area (TPSA) is 15.3 Å². The standard InChI is InChI=1S/C7H13IN2/c8-10-4-6-2-1-3-9-7(6)5-10/h6-7,9H,1-5H2. The van der Waals surface area contributed by atoms with Crippen molar-refractivity contribution < 1.29 is 0 Å². The molecule has 2 saturated heterocycles. The minimum absolute atomic E-state index is 0.811. The fourth-order valence-corrected chi connectivity index (χ4v) is 2.92. The van der Waals surface area contributed by atoms with Gasteiger partial charge in [0.25, 0.3) is 0 Å². The van der Waals surface area contributed by atoms with Gasteiger partial charge in [0.1, 0.15) is 0 Å². The maximum Gasteiger partial charge on any atom is 0.0243 e. The Labute approximate surface area is 75.8 Å². The van der Waals surface area contributed by atoms with E-state index in [1.165, 1.54) is 32.5 Å². The van der Waals surface area contributed by atoms with Crippen LogP contribution in [0.5, 0.6) is 0 Å². The average Bonchev–Trinajstić information content (AvgIpc) is 2.27. The van der Waals surface area contributed by atoms with Gasteiger partial charge in [-0.05, 0) is 25.3 Å². The molecule has 58 valence electrons. The Balaban J connectivity index is 1.97. The normalized spacial score (nSPS) is 41.7. The zero-order valence-corrected chi connectivity index (χ0v) is 8.17. The Bertz CT molecular complexity index is 115. The van der Waals surface area contributed by atoms with Gasteiger partial charge in [0.15, 0.2) is 0 Å². The summed E-state index contributed by atoms with van der Waals surface area (Å²) in [6.07, 6.45) is 2.82. The van der Waals surface area contributed by atoms with Crippen LogP contribution in [0.3, 0.4) is 0 Å². The van der Waals surface area contributed by atoms with E-state index in [1.807, 2.05) is 0 Å². The summed E-state index contributed by atoms with van der Waals surface area (Å²) in [6.45, 7) is 3.80. The summed E-state index contributed by atoms with van der Waals surface area (Å²) in [5, 5.41) is 3.56. The van der Waals surface area contributed by atoms with Crippen molar-refractivity contribution in [3.8, 4) is 0 Å². The summed E-state index contributed by atoms with van der Waals surface area (Å²) in [5.74, 6) is 0.950. The van der Waals surface area contributed by atoms with E-state index in [0.29, 0.717) is 0 Å². The molecule has 2 heterocycles. The minimum Gasteiger partial charge on any atom is -0.312 e. The molecule has 0 bridgehead atoms. The van der Waals surface area contributed by atoms with Crippen LogP contribution >= 0.6 is 22.9 Å². The lowest BCUT2D eigenvalue weighted by Gasteiger charge is -2.24. The van der Waals surface area contributed by atoms with Crippen LogP contribution in [-0.2, 0) is 0 Å². The number of nitrogens with one attached hydrogen (secondary N) is 1. The van der Waals surface area contributed by atoms with E-state index in [-0.39, 0.29) is 0 Å². The number of hydrogen-bond acceptors (Lipinski definition) is 2. The van der Waals surface area contributed by atoms with Crippen molar-refractivity contribution in [3.05, 3.63) is 0 Å². The van der Waals surface area contributed by atoms with Gasteiger partial charge >= 0.3 is 0 Å². The first kappa shape index (κ1) is 7.31. The summed E-state index contributed by atoms with van der Waals surface area (Å²) in [7, 11) is 0. The number of piperidine rings is 1. The third-order valence-corrected chi connectivity index (χ3v) is 3.34. The quantitative estimate of drug-likeness (QED) is 0.511. The molecular formula is C7H13IN2. The van der Waals surface area contributed by atoms with E-state index in [9.17, 15) is 0 Å². The van der Waals surface area contributed by atoms with Gasteiger partial charge < -0.3 is 5.32 Å². The van der Waals surface area contributed by atoms with Crippen molar-refractivity contribution in [1.29, 1.82) is 0 Å². The third-order valence-electron chi connectivity index (χ3n) is 2.55. The molecule has 2 nitrogen and oxygen atoms in total. The van der Waals surface area contributed by atoms with Gasteiger partial charge in [0, 0.05) is 42.0 Å². The van der Waals surface area contributed by atoms with Crippen molar-refractivity contribution in [1.82, 2.24) is 8.43 Å². The smallest absolute Gasteiger partial charge is 0.0243 e. The van der Waals surface area contributed by atoms with Crippen molar-refractivity contribution in [2.45, 2.75) is 18.9 Å². The second kappa shape index (κ2) is 2.95. The molecule has 2 aliphatic heterocycles. The molecule has 2 aliphatic rings. The highest BCUT2D eigenvalue weighted by atomic mass is 127. The molecule has 3 heteroatoms. The first-order valence-corrected chi connectivity index (χ1v) is 4.97. The number of hydrogen-bond donors (Lipinski definition) is 1. The number of nitrogens with zero attached hydrogens (tertiary/aromatic N) is 1. The molecule has 0 spiro atoms. The summed E-state index contributed by atoms with van der Waals surface area (Å²) in [6, 6.07) is 0.811. The predicted molar refractivity (Wildman–Crippen MR) is 50.1 cm³/mol. The van der Waals surface area contributed by atoms with E-state index in [2.05, 4.69) is 31.3 Å². The van der Waals surface area contributed by atoms with E-state index < -0.39 is 0 Å². The maximum absolute atomic E-state index is 3.56. The largest absolute Gasteiger partial charge is 0.312 e. The fraction of sp³-hybridized carbons (Fsp3) is 1.00. The van der Waals surface area contributed by atoms with Crippen LogP contribution in [0.4, 0.5) is 0 Å². The summed E-state index contributed by atoms with van der Waals surface area (Å²) < 4.78 is 2.41. The first-order valence-electron chi connectivity index (χ1n) is 4.00. The molecule has 2 rings (SSSR count). The minimum atomic E-state index is 0.811. The van der Waals surface area contributed by atoms with Gasteiger partial charge in [-0.2, -0.15) is 0 Å². The van der Waals surface area contributed by atoms with Crippen LogP contribution in [0.15, 0.2) is 0 Å². The first-order chi connectivity index (χ1) is 4.86. The van der Waals surface area contributed by atoms with Crippen LogP contribution in [0.1, 0.15) is 12.8 Å². The highest BCUT2D eigenvalue weighted by Gasteiger charge is 2.32. The molecule has 1 N–H and O–H groups in total. The van der Waals surface area contributed by atoms with Crippen LogP contribution in [0, 0.1) is 5.92 Å². The number of rotatable bonds is 0. The lowest BCUT2D eigenvalue weighted by atomic mass is 9.94. The van der Waals surface area contributed by atoms with E-state index in [4.69, 9.17) is 0 Å².